The maximum atomic E-state index is 13.4. The average Bonchev–Trinajstić information content (AvgIpc) is 2.46. The second-order valence-corrected chi connectivity index (χ2v) is 8.65. The molecular weight excluding hydrogens is 390 g/mol. The number of rotatable bonds is 4. The largest absolute Gasteiger partial charge is 0.768 e. The van der Waals surface area contributed by atoms with Crippen LogP contribution in [-0.2, 0) is 31.0 Å². The summed E-state index contributed by atoms with van der Waals surface area (Å²) >= 11 is -3.05. The lowest BCUT2D eigenvalue weighted by Crippen LogP contribution is -2.08. The minimum absolute atomic E-state index is 0.372. The highest BCUT2D eigenvalue weighted by atomic mass is 32.2. The lowest BCUT2D eigenvalue weighted by Gasteiger charge is -2.10. The van der Waals surface area contributed by atoms with Gasteiger partial charge in [-0.1, -0.05) is 0 Å². The second kappa shape index (κ2) is 6.29. The van der Waals surface area contributed by atoms with Crippen LogP contribution in [0.25, 0.3) is 0 Å². The van der Waals surface area contributed by atoms with E-state index in [1.54, 1.807) is 0 Å². The molecule has 0 amide bonds. The molecular formula is C12H7F2O7S3-. The van der Waals surface area contributed by atoms with Crippen LogP contribution in [0.15, 0.2) is 56.0 Å². The SMILES string of the molecule is O=S([O-])c1cc(S(=O)(=O)c2ccc(F)c(S(=O)(=O)O)c2)ccc1F. The van der Waals surface area contributed by atoms with E-state index in [1.807, 2.05) is 0 Å². The first kappa shape index (κ1) is 18.6. The minimum Gasteiger partial charge on any atom is -0.768 e. The zero-order valence-electron chi connectivity index (χ0n) is 11.3. The molecule has 12 heteroatoms. The van der Waals surface area contributed by atoms with Crippen molar-refractivity contribution in [2.45, 2.75) is 19.6 Å². The molecule has 0 radical (unpaired) electrons. The van der Waals surface area contributed by atoms with Crippen LogP contribution in [0.3, 0.4) is 0 Å². The number of benzene rings is 2. The fourth-order valence-electron chi connectivity index (χ4n) is 1.76. The van der Waals surface area contributed by atoms with Crippen molar-refractivity contribution in [3.8, 4) is 0 Å². The molecule has 0 aliphatic carbocycles. The van der Waals surface area contributed by atoms with Crippen LogP contribution < -0.4 is 0 Å². The van der Waals surface area contributed by atoms with Gasteiger partial charge in [-0.05, 0) is 47.5 Å². The highest BCUT2D eigenvalue weighted by molar-refractivity contribution is 7.91. The first-order chi connectivity index (χ1) is 10.9. The number of halogens is 2. The van der Waals surface area contributed by atoms with E-state index in [-0.39, 0.29) is 0 Å². The summed E-state index contributed by atoms with van der Waals surface area (Å²) in [5, 5.41) is 0. The quantitative estimate of drug-likeness (QED) is 0.467. The summed E-state index contributed by atoms with van der Waals surface area (Å²) in [6, 6.07) is 3.49. The molecule has 24 heavy (non-hydrogen) atoms. The predicted molar refractivity (Wildman–Crippen MR) is 75.3 cm³/mol. The van der Waals surface area contributed by atoms with Gasteiger partial charge in [-0.3, -0.25) is 8.76 Å². The van der Waals surface area contributed by atoms with Crippen LogP contribution in [-0.4, -0.2) is 30.1 Å². The molecule has 1 atom stereocenters. The van der Waals surface area contributed by atoms with Crippen LogP contribution in [0, 0.1) is 11.6 Å². The molecule has 130 valence electrons. The van der Waals surface area contributed by atoms with E-state index in [0.717, 1.165) is 12.1 Å². The van der Waals surface area contributed by atoms with Crippen LogP contribution in [0.4, 0.5) is 8.78 Å². The third kappa shape index (κ3) is 3.52. The van der Waals surface area contributed by atoms with Crippen molar-refractivity contribution in [2.75, 3.05) is 0 Å². The summed E-state index contributed by atoms with van der Waals surface area (Å²) in [5.41, 5.74) is 0. The molecule has 2 rings (SSSR count). The van der Waals surface area contributed by atoms with Gasteiger partial charge in [0.25, 0.3) is 10.1 Å². The van der Waals surface area contributed by atoms with E-state index in [4.69, 9.17) is 4.55 Å². The Morgan fingerprint density at radius 2 is 1.42 bits per heavy atom. The summed E-state index contributed by atoms with van der Waals surface area (Å²) in [4.78, 5) is -3.56. The van der Waals surface area contributed by atoms with Gasteiger partial charge in [-0.15, -0.1) is 0 Å². The Hall–Kier alpha value is -1.73. The molecule has 0 aliphatic rings. The Labute approximate surface area is 137 Å². The summed E-state index contributed by atoms with van der Waals surface area (Å²) < 4.78 is 104. The molecule has 0 fully saturated rings. The van der Waals surface area contributed by atoms with E-state index >= 15 is 0 Å². The van der Waals surface area contributed by atoms with E-state index in [2.05, 4.69) is 0 Å². The summed E-state index contributed by atoms with van der Waals surface area (Å²) in [7, 11) is -9.52. The van der Waals surface area contributed by atoms with Gasteiger partial charge in [0, 0.05) is 0 Å². The Kier molecular flexibility index (Phi) is 4.88. The van der Waals surface area contributed by atoms with Crippen molar-refractivity contribution in [1.29, 1.82) is 0 Å². The number of sulfone groups is 1. The second-order valence-electron chi connectivity index (χ2n) is 4.40. The fraction of sp³-hybridized carbons (Fsp3) is 0. The van der Waals surface area contributed by atoms with E-state index in [1.165, 1.54) is 0 Å². The Bertz CT molecular complexity index is 1050. The maximum absolute atomic E-state index is 13.4. The molecule has 1 unspecified atom stereocenters. The number of hydrogen-bond donors (Lipinski definition) is 1. The summed E-state index contributed by atoms with van der Waals surface area (Å²) in [6.07, 6.45) is 0. The Balaban J connectivity index is 2.69. The molecule has 0 saturated heterocycles. The van der Waals surface area contributed by atoms with Gasteiger partial charge in [-0.25, -0.2) is 17.2 Å². The van der Waals surface area contributed by atoms with Crippen LogP contribution >= 0.6 is 0 Å². The number of hydrogen-bond acceptors (Lipinski definition) is 6. The standard InChI is InChI=1S/C12H8F2O7S3/c13-9-3-1-7(5-11(9)22(15)16)23(17,18)8-2-4-10(14)12(6-8)24(19,20)21/h1-6H,(H,15,16)(H,19,20,21)/p-1. The Morgan fingerprint density at radius 3 is 1.92 bits per heavy atom. The van der Waals surface area contributed by atoms with Gasteiger partial charge >= 0.3 is 0 Å². The van der Waals surface area contributed by atoms with Crippen molar-refractivity contribution >= 4 is 31.0 Å². The lowest BCUT2D eigenvalue weighted by molar-refractivity contribution is 0.472. The van der Waals surface area contributed by atoms with Gasteiger partial charge in [0.1, 0.15) is 16.5 Å². The Morgan fingerprint density at radius 1 is 0.917 bits per heavy atom. The molecule has 2 aromatic rings. The van der Waals surface area contributed by atoms with Crippen molar-refractivity contribution in [3.63, 3.8) is 0 Å². The molecule has 0 bridgehead atoms. The molecule has 0 saturated carbocycles. The van der Waals surface area contributed by atoms with Crippen molar-refractivity contribution in [1.82, 2.24) is 0 Å². The maximum Gasteiger partial charge on any atom is 0.297 e. The molecule has 1 N–H and O–H groups in total. The molecule has 2 aromatic carbocycles. The predicted octanol–water partition coefficient (Wildman–Crippen LogP) is 1.28. The molecule has 7 nitrogen and oxygen atoms in total. The van der Waals surface area contributed by atoms with Gasteiger partial charge in [0.2, 0.25) is 9.84 Å². The van der Waals surface area contributed by atoms with E-state index < -0.39 is 62.3 Å². The van der Waals surface area contributed by atoms with Gasteiger partial charge in [0.05, 0.1) is 14.7 Å². The molecule has 0 heterocycles. The molecule has 0 spiro atoms. The lowest BCUT2D eigenvalue weighted by atomic mass is 10.3. The third-order valence-corrected chi connectivity index (χ3v) is 6.17. The normalized spacial score (nSPS) is 13.7. The highest BCUT2D eigenvalue weighted by Gasteiger charge is 2.24. The van der Waals surface area contributed by atoms with Crippen LogP contribution in [0.2, 0.25) is 0 Å². The first-order valence-electron chi connectivity index (χ1n) is 5.85. The molecule has 0 aliphatic heterocycles. The third-order valence-electron chi connectivity index (χ3n) is 2.88. The minimum atomic E-state index is -5.02. The van der Waals surface area contributed by atoms with Crippen molar-refractivity contribution < 1.29 is 38.9 Å². The summed E-state index contributed by atoms with van der Waals surface area (Å²) in [5.74, 6) is -2.56. The van der Waals surface area contributed by atoms with E-state index in [0.29, 0.717) is 24.3 Å². The van der Waals surface area contributed by atoms with Crippen molar-refractivity contribution in [3.05, 3.63) is 48.0 Å². The van der Waals surface area contributed by atoms with Crippen molar-refractivity contribution in [2.24, 2.45) is 0 Å². The van der Waals surface area contributed by atoms with Gasteiger partial charge < -0.3 is 4.55 Å². The first-order valence-corrected chi connectivity index (χ1v) is 9.85. The van der Waals surface area contributed by atoms with Gasteiger partial charge in [-0.2, -0.15) is 8.42 Å². The average molecular weight is 397 g/mol. The molecule has 0 aromatic heterocycles. The highest BCUT2D eigenvalue weighted by Crippen LogP contribution is 2.27. The zero-order chi connectivity index (χ0) is 18.3. The van der Waals surface area contributed by atoms with Crippen LogP contribution in [0.5, 0.6) is 0 Å². The summed E-state index contributed by atoms with van der Waals surface area (Å²) in [6.45, 7) is 0. The smallest absolute Gasteiger partial charge is 0.297 e. The van der Waals surface area contributed by atoms with Gasteiger partial charge in [0.15, 0.2) is 0 Å². The fourth-order valence-corrected chi connectivity index (χ4v) is 4.27. The van der Waals surface area contributed by atoms with E-state index in [9.17, 15) is 34.4 Å². The monoisotopic (exact) mass is 397 g/mol. The topological polar surface area (TPSA) is 129 Å². The van der Waals surface area contributed by atoms with Crippen LogP contribution in [0.1, 0.15) is 0 Å². The zero-order valence-corrected chi connectivity index (χ0v) is 13.8.